The zero-order valence-corrected chi connectivity index (χ0v) is 20.1. The van der Waals surface area contributed by atoms with Gasteiger partial charge in [0, 0.05) is 37.1 Å². The van der Waals surface area contributed by atoms with Crippen molar-refractivity contribution in [3.05, 3.63) is 20.8 Å². The van der Waals surface area contributed by atoms with Gasteiger partial charge in [-0.25, -0.2) is 4.98 Å². The Morgan fingerprint density at radius 3 is 2.50 bits per heavy atom. The van der Waals surface area contributed by atoms with E-state index >= 15 is 0 Å². The normalized spacial score (nSPS) is 19.7. The molecule has 1 amide bonds. The number of fused-ring (bicyclic) bond motifs is 1. The Morgan fingerprint density at radius 2 is 1.87 bits per heavy atom. The Bertz CT molecular complexity index is 985. The molecule has 1 saturated heterocycles. The van der Waals surface area contributed by atoms with E-state index in [4.69, 9.17) is 4.98 Å². The van der Waals surface area contributed by atoms with Gasteiger partial charge < -0.3 is 9.80 Å². The highest BCUT2D eigenvalue weighted by Gasteiger charge is 2.29. The zero-order chi connectivity index (χ0) is 21.4. The van der Waals surface area contributed by atoms with Crippen LogP contribution in [-0.4, -0.2) is 63.2 Å². The van der Waals surface area contributed by atoms with Crippen LogP contribution in [0.25, 0.3) is 10.2 Å². The number of likely N-dealkylation sites (N-methyl/N-ethyl adjacent to an activating group) is 1. The zero-order valence-electron chi connectivity index (χ0n) is 18.4. The average Bonchev–Trinajstić information content (AvgIpc) is 3.36. The van der Waals surface area contributed by atoms with Gasteiger partial charge in [0.15, 0.2) is 5.16 Å². The van der Waals surface area contributed by atoms with E-state index in [1.165, 1.54) is 11.8 Å². The average molecular weight is 449 g/mol. The number of piperazine rings is 1. The molecule has 2 aromatic heterocycles. The van der Waals surface area contributed by atoms with E-state index in [-0.39, 0.29) is 22.8 Å². The molecule has 6 nitrogen and oxygen atoms in total. The number of hydrogen-bond acceptors (Lipinski definition) is 6. The van der Waals surface area contributed by atoms with Crippen molar-refractivity contribution < 1.29 is 4.79 Å². The second-order valence-corrected chi connectivity index (χ2v) is 11.0. The predicted molar refractivity (Wildman–Crippen MR) is 125 cm³/mol. The molecule has 0 radical (unpaired) electrons. The van der Waals surface area contributed by atoms with Crippen molar-refractivity contribution in [2.24, 2.45) is 0 Å². The van der Waals surface area contributed by atoms with Gasteiger partial charge in [-0.05, 0) is 45.7 Å². The second kappa shape index (κ2) is 9.01. The smallest absolute Gasteiger partial charge is 0.263 e. The highest BCUT2D eigenvalue weighted by molar-refractivity contribution is 8.00. The molecule has 2 fully saturated rings. The summed E-state index contributed by atoms with van der Waals surface area (Å²) in [6, 6.07) is 0.201. The van der Waals surface area contributed by atoms with Gasteiger partial charge >= 0.3 is 0 Å². The minimum absolute atomic E-state index is 0.0764. The standard InChI is InChI=1S/C22H32N4O2S2/c1-5-24-10-12-25(13-11-24)20(27)16(4)30-22-23-19-18(14(2)15(3)29-19)21(28)26(22)17-8-6-7-9-17/h16-17H,5-13H2,1-4H3. The molecular formula is C22H32N4O2S2. The molecule has 1 aliphatic heterocycles. The van der Waals surface area contributed by atoms with E-state index in [1.807, 2.05) is 23.3 Å². The van der Waals surface area contributed by atoms with Gasteiger partial charge in [-0.3, -0.25) is 14.2 Å². The summed E-state index contributed by atoms with van der Waals surface area (Å²) in [6.45, 7) is 12.7. The van der Waals surface area contributed by atoms with Crippen molar-refractivity contribution in [2.45, 2.75) is 69.8 Å². The van der Waals surface area contributed by atoms with E-state index < -0.39 is 0 Å². The summed E-state index contributed by atoms with van der Waals surface area (Å²) >= 11 is 3.05. The molecule has 3 heterocycles. The summed E-state index contributed by atoms with van der Waals surface area (Å²) in [5.41, 5.74) is 1.13. The molecule has 1 saturated carbocycles. The van der Waals surface area contributed by atoms with Crippen LogP contribution in [0.5, 0.6) is 0 Å². The lowest BCUT2D eigenvalue weighted by atomic mass is 10.2. The van der Waals surface area contributed by atoms with E-state index in [2.05, 4.69) is 18.7 Å². The van der Waals surface area contributed by atoms with Crippen LogP contribution >= 0.6 is 23.1 Å². The fraction of sp³-hybridized carbons (Fsp3) is 0.682. The lowest BCUT2D eigenvalue weighted by Gasteiger charge is -2.35. The monoisotopic (exact) mass is 448 g/mol. The SMILES string of the molecule is CCN1CCN(C(=O)C(C)Sc2nc3sc(C)c(C)c3c(=O)n2C2CCCC2)CC1. The molecule has 30 heavy (non-hydrogen) atoms. The molecular weight excluding hydrogens is 416 g/mol. The van der Waals surface area contributed by atoms with E-state index in [9.17, 15) is 9.59 Å². The Labute approximate surface area is 186 Å². The number of carbonyl (C=O) groups excluding carboxylic acids is 1. The third-order valence-corrected chi connectivity index (χ3v) is 8.81. The molecule has 1 atom stereocenters. The van der Waals surface area contributed by atoms with Crippen LogP contribution in [0.4, 0.5) is 0 Å². The van der Waals surface area contributed by atoms with Gasteiger partial charge in [0.1, 0.15) is 4.83 Å². The minimum Gasteiger partial charge on any atom is -0.339 e. The highest BCUT2D eigenvalue weighted by atomic mass is 32.2. The number of thiophene rings is 1. The van der Waals surface area contributed by atoms with Gasteiger partial charge in [-0.1, -0.05) is 31.5 Å². The number of carbonyl (C=O) groups is 1. The molecule has 0 bridgehead atoms. The van der Waals surface area contributed by atoms with Crippen molar-refractivity contribution in [1.29, 1.82) is 0 Å². The number of thioether (sulfide) groups is 1. The number of aromatic nitrogens is 2. The summed E-state index contributed by atoms with van der Waals surface area (Å²) in [4.78, 5) is 37.8. The molecule has 8 heteroatoms. The van der Waals surface area contributed by atoms with Gasteiger partial charge in [0.2, 0.25) is 5.91 Å². The Morgan fingerprint density at radius 1 is 1.20 bits per heavy atom. The maximum Gasteiger partial charge on any atom is 0.263 e. The first-order valence-electron chi connectivity index (χ1n) is 11.1. The number of rotatable bonds is 5. The minimum atomic E-state index is -0.252. The first-order chi connectivity index (χ1) is 14.4. The molecule has 0 aromatic carbocycles. The molecule has 2 aromatic rings. The van der Waals surface area contributed by atoms with Gasteiger partial charge in [0.25, 0.3) is 5.56 Å². The largest absolute Gasteiger partial charge is 0.339 e. The molecule has 2 aliphatic rings. The number of nitrogens with zero attached hydrogens (tertiary/aromatic N) is 4. The van der Waals surface area contributed by atoms with E-state index in [0.29, 0.717) is 5.16 Å². The van der Waals surface area contributed by atoms with Crippen LogP contribution in [0, 0.1) is 13.8 Å². The summed E-state index contributed by atoms with van der Waals surface area (Å²) in [5, 5.41) is 1.23. The third-order valence-electron chi connectivity index (χ3n) is 6.65. The Kier molecular flexibility index (Phi) is 6.55. The Balaban J connectivity index is 1.63. The summed E-state index contributed by atoms with van der Waals surface area (Å²) in [6.07, 6.45) is 4.34. The number of hydrogen-bond donors (Lipinski definition) is 0. The lowest BCUT2D eigenvalue weighted by Crippen LogP contribution is -2.50. The topological polar surface area (TPSA) is 58.4 Å². The second-order valence-electron chi connectivity index (χ2n) is 8.49. The number of amides is 1. The van der Waals surface area contributed by atoms with Crippen LogP contribution in [0.15, 0.2) is 9.95 Å². The summed E-state index contributed by atoms with van der Waals surface area (Å²) in [5.74, 6) is 0.154. The highest BCUT2D eigenvalue weighted by Crippen LogP contribution is 2.35. The van der Waals surface area contributed by atoms with Gasteiger partial charge in [-0.15, -0.1) is 11.3 Å². The third kappa shape index (κ3) is 4.06. The van der Waals surface area contributed by atoms with Crippen molar-refractivity contribution >= 4 is 39.2 Å². The fourth-order valence-electron chi connectivity index (χ4n) is 4.61. The quantitative estimate of drug-likeness (QED) is 0.514. The van der Waals surface area contributed by atoms with Crippen molar-refractivity contribution in [2.75, 3.05) is 32.7 Å². The van der Waals surface area contributed by atoms with Crippen LogP contribution in [0.2, 0.25) is 0 Å². The van der Waals surface area contributed by atoms with Crippen LogP contribution < -0.4 is 5.56 Å². The first kappa shape index (κ1) is 21.8. The maximum absolute atomic E-state index is 13.5. The summed E-state index contributed by atoms with van der Waals surface area (Å²) in [7, 11) is 0. The molecule has 0 spiro atoms. The summed E-state index contributed by atoms with van der Waals surface area (Å²) < 4.78 is 1.91. The number of aryl methyl sites for hydroxylation is 2. The van der Waals surface area contributed by atoms with E-state index in [0.717, 1.165) is 79.1 Å². The lowest BCUT2D eigenvalue weighted by molar-refractivity contribution is -0.132. The first-order valence-corrected chi connectivity index (χ1v) is 12.8. The molecule has 0 N–H and O–H groups in total. The van der Waals surface area contributed by atoms with Crippen molar-refractivity contribution in [1.82, 2.24) is 19.4 Å². The van der Waals surface area contributed by atoms with Gasteiger partial charge in [0.05, 0.1) is 10.6 Å². The predicted octanol–water partition coefficient (Wildman–Crippen LogP) is 3.83. The van der Waals surface area contributed by atoms with Crippen LogP contribution in [0.3, 0.4) is 0 Å². The molecule has 1 aliphatic carbocycles. The van der Waals surface area contributed by atoms with Gasteiger partial charge in [-0.2, -0.15) is 0 Å². The van der Waals surface area contributed by atoms with Crippen LogP contribution in [0.1, 0.15) is 56.0 Å². The molecule has 4 rings (SSSR count). The Hall–Kier alpha value is -1.38. The maximum atomic E-state index is 13.5. The molecule has 164 valence electrons. The fourth-order valence-corrected chi connectivity index (χ4v) is 6.74. The van der Waals surface area contributed by atoms with Crippen molar-refractivity contribution in [3.8, 4) is 0 Å². The molecule has 1 unspecified atom stereocenters. The van der Waals surface area contributed by atoms with Crippen LogP contribution in [-0.2, 0) is 4.79 Å². The van der Waals surface area contributed by atoms with Crippen molar-refractivity contribution in [3.63, 3.8) is 0 Å². The van der Waals surface area contributed by atoms with E-state index in [1.54, 1.807) is 11.3 Å².